The molecule has 0 radical (unpaired) electrons. The van der Waals surface area contributed by atoms with E-state index in [-0.39, 0.29) is 12.2 Å². The van der Waals surface area contributed by atoms with Gasteiger partial charge in [0.1, 0.15) is 6.07 Å². The first kappa shape index (κ1) is 21.5. The molecule has 0 saturated heterocycles. The molecule has 138 valence electrons. The molecule has 0 aliphatic heterocycles. The molecular weight excluding hydrogens is 332 g/mol. The fraction of sp³-hybridized carbons (Fsp3) is 0.579. The SMILES string of the molecule is CC(C)OC(OC(C)C)C(C#N)(/C=C/c1cccnc1)O[Si](C)(C)C. The van der Waals surface area contributed by atoms with Crippen molar-refractivity contribution in [1.29, 1.82) is 5.26 Å². The molecule has 0 amide bonds. The zero-order valence-corrected chi connectivity index (χ0v) is 17.3. The van der Waals surface area contributed by atoms with Crippen LogP contribution in [-0.2, 0) is 13.9 Å². The van der Waals surface area contributed by atoms with E-state index in [1.165, 1.54) is 0 Å². The predicted octanol–water partition coefficient (Wildman–Crippen LogP) is 4.38. The van der Waals surface area contributed by atoms with Crippen molar-refractivity contribution in [1.82, 2.24) is 4.98 Å². The van der Waals surface area contributed by atoms with E-state index in [0.717, 1.165) is 5.56 Å². The van der Waals surface area contributed by atoms with Crippen LogP contribution in [0.1, 0.15) is 33.3 Å². The maximum Gasteiger partial charge on any atom is 0.215 e. The van der Waals surface area contributed by atoms with Crippen LogP contribution in [0.3, 0.4) is 0 Å². The topological polar surface area (TPSA) is 64.4 Å². The minimum Gasteiger partial charge on any atom is -0.393 e. The van der Waals surface area contributed by atoms with Crippen molar-refractivity contribution in [3.63, 3.8) is 0 Å². The van der Waals surface area contributed by atoms with Crippen LogP contribution in [0.4, 0.5) is 0 Å². The Balaban J connectivity index is 3.31. The van der Waals surface area contributed by atoms with Crippen molar-refractivity contribution >= 4 is 14.4 Å². The van der Waals surface area contributed by atoms with E-state index in [4.69, 9.17) is 13.9 Å². The molecule has 0 N–H and O–H groups in total. The van der Waals surface area contributed by atoms with Gasteiger partial charge in [0.15, 0.2) is 8.32 Å². The van der Waals surface area contributed by atoms with Crippen LogP contribution in [0.5, 0.6) is 0 Å². The van der Waals surface area contributed by atoms with Crippen molar-refractivity contribution in [3.05, 3.63) is 36.2 Å². The van der Waals surface area contributed by atoms with Gasteiger partial charge in [-0.15, -0.1) is 0 Å². The largest absolute Gasteiger partial charge is 0.393 e. The van der Waals surface area contributed by atoms with Crippen LogP contribution in [0.25, 0.3) is 6.08 Å². The van der Waals surface area contributed by atoms with Gasteiger partial charge in [-0.3, -0.25) is 4.98 Å². The maximum absolute atomic E-state index is 10.0. The minimum absolute atomic E-state index is 0.103. The number of nitriles is 1. The van der Waals surface area contributed by atoms with Gasteiger partial charge in [-0.25, -0.2) is 0 Å². The number of aromatic nitrogens is 1. The molecule has 0 fully saturated rings. The van der Waals surface area contributed by atoms with Crippen LogP contribution in [-0.4, -0.2) is 37.4 Å². The monoisotopic (exact) mass is 362 g/mol. The van der Waals surface area contributed by atoms with Gasteiger partial charge < -0.3 is 13.9 Å². The van der Waals surface area contributed by atoms with Crippen LogP contribution in [0.15, 0.2) is 30.6 Å². The summed E-state index contributed by atoms with van der Waals surface area (Å²) in [6.07, 6.45) is 5.97. The van der Waals surface area contributed by atoms with Crippen LogP contribution in [0, 0.1) is 11.3 Å². The zero-order chi connectivity index (χ0) is 19.1. The lowest BCUT2D eigenvalue weighted by atomic mass is 10.0. The van der Waals surface area contributed by atoms with Crippen LogP contribution >= 0.6 is 0 Å². The molecule has 1 rings (SSSR count). The van der Waals surface area contributed by atoms with Crippen molar-refractivity contribution in [2.45, 2.75) is 71.4 Å². The lowest BCUT2D eigenvalue weighted by molar-refractivity contribution is -0.229. The van der Waals surface area contributed by atoms with Gasteiger partial charge in [-0.05, 0) is 65.0 Å². The fourth-order valence-corrected chi connectivity index (χ4v) is 3.43. The Morgan fingerprint density at radius 2 is 1.76 bits per heavy atom. The summed E-state index contributed by atoms with van der Waals surface area (Å²) in [6, 6.07) is 6.07. The lowest BCUT2D eigenvalue weighted by Crippen LogP contribution is -2.52. The normalized spacial score (nSPS) is 15.1. The molecule has 1 unspecified atom stereocenters. The van der Waals surface area contributed by atoms with Crippen molar-refractivity contribution < 1.29 is 13.9 Å². The van der Waals surface area contributed by atoms with E-state index < -0.39 is 20.2 Å². The van der Waals surface area contributed by atoms with Crippen molar-refractivity contribution in [3.8, 4) is 6.07 Å². The highest BCUT2D eigenvalue weighted by molar-refractivity contribution is 6.69. The second-order valence-corrected chi connectivity index (χ2v) is 11.9. The van der Waals surface area contributed by atoms with Crippen molar-refractivity contribution in [2.75, 3.05) is 0 Å². The van der Waals surface area contributed by atoms with Gasteiger partial charge in [0.05, 0.1) is 12.2 Å². The molecule has 0 bridgehead atoms. The quantitative estimate of drug-likeness (QED) is 0.482. The third-order valence-corrected chi connectivity index (χ3v) is 3.95. The molecular formula is C19H30N2O3Si. The molecule has 0 spiro atoms. The summed E-state index contributed by atoms with van der Waals surface area (Å²) in [4.78, 5) is 4.10. The molecule has 5 nitrogen and oxygen atoms in total. The summed E-state index contributed by atoms with van der Waals surface area (Å²) in [6.45, 7) is 13.8. The Morgan fingerprint density at radius 3 is 2.16 bits per heavy atom. The fourth-order valence-electron chi connectivity index (χ4n) is 2.20. The first-order chi connectivity index (χ1) is 11.6. The standard InChI is InChI=1S/C19H30N2O3Si/c1-15(2)22-18(23-16(3)4)19(14-20,24-25(5,6)7)11-10-17-9-8-12-21-13-17/h8-13,15-16,18H,1-7H3/b11-10+. The summed E-state index contributed by atoms with van der Waals surface area (Å²) in [5, 5.41) is 10.0. The average molecular weight is 363 g/mol. The predicted molar refractivity (Wildman–Crippen MR) is 102 cm³/mol. The van der Waals surface area contributed by atoms with Gasteiger partial charge in [0, 0.05) is 12.4 Å². The highest BCUT2D eigenvalue weighted by Crippen LogP contribution is 2.29. The molecule has 0 aromatic carbocycles. The Labute approximate surface area is 152 Å². The summed E-state index contributed by atoms with van der Waals surface area (Å²) in [5.74, 6) is 0. The second-order valence-electron chi connectivity index (χ2n) is 7.44. The van der Waals surface area contributed by atoms with Gasteiger partial charge in [-0.1, -0.05) is 12.1 Å². The second kappa shape index (κ2) is 9.25. The summed E-state index contributed by atoms with van der Waals surface area (Å²) < 4.78 is 18.2. The molecule has 1 aromatic rings. The molecule has 1 atom stereocenters. The van der Waals surface area contributed by atoms with E-state index in [1.54, 1.807) is 18.5 Å². The molecule has 6 heteroatoms. The van der Waals surface area contributed by atoms with Gasteiger partial charge in [-0.2, -0.15) is 5.26 Å². The number of pyridine rings is 1. The highest BCUT2D eigenvalue weighted by Gasteiger charge is 2.44. The summed E-state index contributed by atoms with van der Waals surface area (Å²) in [5.41, 5.74) is -0.441. The molecule has 0 saturated carbocycles. The van der Waals surface area contributed by atoms with E-state index >= 15 is 0 Å². The van der Waals surface area contributed by atoms with E-state index in [0.29, 0.717) is 0 Å². The first-order valence-electron chi connectivity index (χ1n) is 8.59. The first-order valence-corrected chi connectivity index (χ1v) is 12.0. The third kappa shape index (κ3) is 7.49. The summed E-state index contributed by atoms with van der Waals surface area (Å²) in [7, 11) is -2.07. The molecule has 0 aliphatic carbocycles. The molecule has 1 heterocycles. The molecule has 25 heavy (non-hydrogen) atoms. The van der Waals surface area contributed by atoms with Crippen LogP contribution in [0.2, 0.25) is 19.6 Å². The van der Waals surface area contributed by atoms with Crippen LogP contribution < -0.4 is 0 Å². The minimum atomic E-state index is -2.07. The average Bonchev–Trinajstić information content (AvgIpc) is 2.50. The molecule has 0 aliphatic rings. The Bertz CT molecular complexity index is 581. The molecule has 1 aromatic heterocycles. The smallest absolute Gasteiger partial charge is 0.215 e. The Morgan fingerprint density at radius 1 is 1.16 bits per heavy atom. The van der Waals surface area contributed by atoms with Gasteiger partial charge in [0.2, 0.25) is 11.9 Å². The number of hydrogen-bond donors (Lipinski definition) is 0. The van der Waals surface area contributed by atoms with E-state index in [1.807, 2.05) is 65.5 Å². The third-order valence-electron chi connectivity index (χ3n) is 3.00. The van der Waals surface area contributed by atoms with E-state index in [2.05, 4.69) is 11.1 Å². The Hall–Kier alpha value is -1.52. The maximum atomic E-state index is 10.0. The van der Waals surface area contributed by atoms with Crippen molar-refractivity contribution in [2.24, 2.45) is 0 Å². The summed E-state index contributed by atoms with van der Waals surface area (Å²) >= 11 is 0. The lowest BCUT2D eigenvalue weighted by Gasteiger charge is -2.38. The van der Waals surface area contributed by atoms with Gasteiger partial charge in [0.25, 0.3) is 0 Å². The Kier molecular flexibility index (Phi) is 7.96. The zero-order valence-electron chi connectivity index (χ0n) is 16.3. The van der Waals surface area contributed by atoms with E-state index in [9.17, 15) is 5.26 Å². The number of ether oxygens (including phenoxy) is 2. The number of hydrogen-bond acceptors (Lipinski definition) is 5. The number of rotatable bonds is 9. The number of nitrogens with zero attached hydrogens (tertiary/aromatic N) is 2. The van der Waals surface area contributed by atoms with Gasteiger partial charge >= 0.3 is 0 Å². The highest BCUT2D eigenvalue weighted by atomic mass is 28.4.